The van der Waals surface area contributed by atoms with Crippen LogP contribution in [0, 0.1) is 5.92 Å². The molecule has 0 bridgehead atoms. The third-order valence-corrected chi connectivity index (χ3v) is 4.52. The van der Waals surface area contributed by atoms with E-state index in [1.54, 1.807) is 12.4 Å². The Morgan fingerprint density at radius 3 is 2.88 bits per heavy atom. The highest BCUT2D eigenvalue weighted by molar-refractivity contribution is 5.20. The highest BCUT2D eigenvalue weighted by atomic mass is 16.5. The molecule has 2 aromatic rings. The van der Waals surface area contributed by atoms with E-state index in [0.717, 1.165) is 44.5 Å². The monoisotopic (exact) mass is 328 g/mol. The van der Waals surface area contributed by atoms with Gasteiger partial charge in [0.1, 0.15) is 0 Å². The van der Waals surface area contributed by atoms with Gasteiger partial charge >= 0.3 is 0 Å². The van der Waals surface area contributed by atoms with E-state index in [4.69, 9.17) is 4.74 Å². The van der Waals surface area contributed by atoms with Gasteiger partial charge in [0.15, 0.2) is 0 Å². The summed E-state index contributed by atoms with van der Waals surface area (Å²) in [6.07, 6.45) is 9.67. The van der Waals surface area contributed by atoms with Crippen LogP contribution in [0.25, 0.3) is 5.95 Å². The van der Waals surface area contributed by atoms with E-state index in [2.05, 4.69) is 45.4 Å². The lowest BCUT2D eigenvalue weighted by atomic mass is 10.0. The standard InChI is InChI=1S/C19H28N4O/c1-16(2)6-3-8-18-15-22(12-13-24-18)14-17-7-4-11-23(17)19-20-9-5-10-21-19/h4-5,7,9-11,16,18H,3,6,8,12-15H2,1-2H3. The lowest BCUT2D eigenvalue weighted by molar-refractivity contribution is -0.0365. The minimum Gasteiger partial charge on any atom is -0.376 e. The number of hydrogen-bond donors (Lipinski definition) is 0. The maximum Gasteiger partial charge on any atom is 0.233 e. The van der Waals surface area contributed by atoms with E-state index < -0.39 is 0 Å². The fraction of sp³-hybridized carbons (Fsp3) is 0.579. The van der Waals surface area contributed by atoms with Crippen molar-refractivity contribution in [1.82, 2.24) is 19.4 Å². The van der Waals surface area contributed by atoms with Crippen molar-refractivity contribution < 1.29 is 4.74 Å². The molecule has 0 amide bonds. The Balaban J connectivity index is 1.57. The van der Waals surface area contributed by atoms with Crippen LogP contribution in [0.1, 0.15) is 38.8 Å². The number of aromatic nitrogens is 3. The second-order valence-corrected chi connectivity index (χ2v) is 6.97. The molecule has 1 fully saturated rings. The van der Waals surface area contributed by atoms with E-state index in [0.29, 0.717) is 6.10 Å². The van der Waals surface area contributed by atoms with Crippen molar-refractivity contribution in [2.75, 3.05) is 19.7 Å². The molecule has 5 nitrogen and oxygen atoms in total. The third kappa shape index (κ3) is 4.65. The van der Waals surface area contributed by atoms with Gasteiger partial charge in [0.25, 0.3) is 0 Å². The van der Waals surface area contributed by atoms with Gasteiger partial charge in [0.2, 0.25) is 5.95 Å². The molecule has 130 valence electrons. The third-order valence-electron chi connectivity index (χ3n) is 4.52. The molecule has 0 saturated carbocycles. The molecule has 0 spiro atoms. The van der Waals surface area contributed by atoms with Crippen molar-refractivity contribution in [3.63, 3.8) is 0 Å². The normalized spacial score (nSPS) is 19.0. The number of rotatable bonds is 7. The molecular formula is C19H28N4O. The minimum absolute atomic E-state index is 0.369. The van der Waals surface area contributed by atoms with Crippen LogP contribution in [-0.4, -0.2) is 45.2 Å². The molecule has 1 aliphatic heterocycles. The van der Waals surface area contributed by atoms with Crippen LogP contribution in [0.5, 0.6) is 0 Å². The van der Waals surface area contributed by atoms with Crippen LogP contribution < -0.4 is 0 Å². The van der Waals surface area contributed by atoms with Crippen molar-refractivity contribution in [3.05, 3.63) is 42.5 Å². The van der Waals surface area contributed by atoms with Gasteiger partial charge in [-0.2, -0.15) is 0 Å². The van der Waals surface area contributed by atoms with Crippen LogP contribution in [0.3, 0.4) is 0 Å². The van der Waals surface area contributed by atoms with E-state index in [1.165, 1.54) is 18.5 Å². The van der Waals surface area contributed by atoms with Crippen molar-refractivity contribution >= 4 is 0 Å². The van der Waals surface area contributed by atoms with Gasteiger partial charge in [-0.05, 0) is 30.5 Å². The minimum atomic E-state index is 0.369. The summed E-state index contributed by atoms with van der Waals surface area (Å²) in [7, 11) is 0. The van der Waals surface area contributed by atoms with Gasteiger partial charge in [-0.25, -0.2) is 9.97 Å². The summed E-state index contributed by atoms with van der Waals surface area (Å²) in [4.78, 5) is 11.2. The van der Waals surface area contributed by atoms with Crippen LogP contribution in [-0.2, 0) is 11.3 Å². The number of nitrogens with zero attached hydrogens (tertiary/aromatic N) is 4. The molecule has 5 heteroatoms. The van der Waals surface area contributed by atoms with Gasteiger partial charge in [0.05, 0.1) is 12.7 Å². The smallest absolute Gasteiger partial charge is 0.233 e. The van der Waals surface area contributed by atoms with Crippen molar-refractivity contribution in [3.8, 4) is 5.95 Å². The molecule has 3 rings (SSSR count). The summed E-state index contributed by atoms with van der Waals surface area (Å²) in [6.45, 7) is 8.31. The number of morpholine rings is 1. The zero-order valence-electron chi connectivity index (χ0n) is 14.8. The molecule has 24 heavy (non-hydrogen) atoms. The maximum absolute atomic E-state index is 5.95. The van der Waals surface area contributed by atoms with Crippen molar-refractivity contribution in [2.45, 2.75) is 45.8 Å². The van der Waals surface area contributed by atoms with Crippen molar-refractivity contribution in [2.24, 2.45) is 5.92 Å². The molecule has 0 aliphatic carbocycles. The maximum atomic E-state index is 5.95. The first-order chi connectivity index (χ1) is 11.7. The van der Waals surface area contributed by atoms with Crippen LogP contribution >= 0.6 is 0 Å². The Bertz CT molecular complexity index is 611. The molecule has 3 heterocycles. The van der Waals surface area contributed by atoms with E-state index in [9.17, 15) is 0 Å². The first-order valence-electron chi connectivity index (χ1n) is 9.00. The van der Waals surface area contributed by atoms with E-state index in [1.807, 2.05) is 12.3 Å². The molecule has 0 radical (unpaired) electrons. The first kappa shape index (κ1) is 17.1. The highest BCUT2D eigenvalue weighted by Gasteiger charge is 2.21. The van der Waals surface area contributed by atoms with Gasteiger partial charge in [-0.15, -0.1) is 0 Å². The van der Waals surface area contributed by atoms with Crippen LogP contribution in [0.15, 0.2) is 36.8 Å². The predicted molar refractivity (Wildman–Crippen MR) is 95.1 cm³/mol. The number of ether oxygens (including phenoxy) is 1. The van der Waals surface area contributed by atoms with Gasteiger partial charge < -0.3 is 4.74 Å². The summed E-state index contributed by atoms with van der Waals surface area (Å²) in [5.41, 5.74) is 1.23. The average Bonchev–Trinajstić information content (AvgIpc) is 3.04. The summed E-state index contributed by atoms with van der Waals surface area (Å²) < 4.78 is 8.02. The lowest BCUT2D eigenvalue weighted by Crippen LogP contribution is -2.42. The summed E-state index contributed by atoms with van der Waals surface area (Å²) in [6, 6.07) is 6.06. The fourth-order valence-corrected chi connectivity index (χ4v) is 3.24. The largest absolute Gasteiger partial charge is 0.376 e. The fourth-order valence-electron chi connectivity index (χ4n) is 3.24. The summed E-state index contributed by atoms with van der Waals surface area (Å²) >= 11 is 0. The molecule has 0 aromatic carbocycles. The SMILES string of the molecule is CC(C)CCCC1CN(Cc2cccn2-c2ncccn2)CCO1. The number of hydrogen-bond acceptors (Lipinski definition) is 4. The van der Waals surface area contributed by atoms with Gasteiger partial charge in [-0.1, -0.05) is 26.7 Å². The summed E-state index contributed by atoms with van der Waals surface area (Å²) in [5.74, 6) is 1.51. The lowest BCUT2D eigenvalue weighted by Gasteiger charge is -2.33. The quantitative estimate of drug-likeness (QED) is 0.782. The van der Waals surface area contributed by atoms with Crippen LogP contribution in [0.4, 0.5) is 0 Å². The molecular weight excluding hydrogens is 300 g/mol. The first-order valence-corrected chi connectivity index (χ1v) is 9.00. The Morgan fingerprint density at radius 2 is 2.08 bits per heavy atom. The molecule has 1 aliphatic rings. The molecule has 1 saturated heterocycles. The summed E-state index contributed by atoms with van der Waals surface area (Å²) in [5, 5.41) is 0. The highest BCUT2D eigenvalue weighted by Crippen LogP contribution is 2.17. The van der Waals surface area contributed by atoms with Crippen molar-refractivity contribution in [1.29, 1.82) is 0 Å². The zero-order valence-corrected chi connectivity index (χ0v) is 14.8. The van der Waals surface area contributed by atoms with E-state index in [-0.39, 0.29) is 0 Å². The Kier molecular flexibility index (Phi) is 5.99. The Morgan fingerprint density at radius 1 is 1.25 bits per heavy atom. The molecule has 1 atom stereocenters. The zero-order chi connectivity index (χ0) is 16.8. The second-order valence-electron chi connectivity index (χ2n) is 6.97. The second kappa shape index (κ2) is 8.40. The van der Waals surface area contributed by atoms with Gasteiger partial charge in [-0.3, -0.25) is 9.47 Å². The molecule has 0 N–H and O–H groups in total. The molecule has 1 unspecified atom stereocenters. The Hall–Kier alpha value is -1.72. The average molecular weight is 328 g/mol. The van der Waals surface area contributed by atoms with Gasteiger partial charge in [0, 0.05) is 43.9 Å². The van der Waals surface area contributed by atoms with Crippen LogP contribution in [0.2, 0.25) is 0 Å². The topological polar surface area (TPSA) is 43.2 Å². The van der Waals surface area contributed by atoms with E-state index >= 15 is 0 Å². The predicted octanol–water partition coefficient (Wildman–Crippen LogP) is 3.29. The Labute approximate surface area is 144 Å². The molecule has 2 aromatic heterocycles.